The van der Waals surface area contributed by atoms with Crippen molar-refractivity contribution in [2.24, 2.45) is 17.6 Å². The standard InChI is InChI=1S/C23H36N4O7/c1-11(2)17(24)21(31)25-16(10-14-6-8-15(29)9-7-14)20(30)27-19(13(5)28)22(32)26-18(12(3)4)23(33)34/h6-9,11-13,16-19,28-29H,10,24H2,1-5H3,(H,25,31)(H,26,32)(H,27,30)(H,33,34). The number of benzene rings is 1. The van der Waals surface area contributed by atoms with E-state index in [1.807, 2.05) is 0 Å². The second-order valence-electron chi connectivity index (χ2n) is 9.00. The van der Waals surface area contributed by atoms with E-state index >= 15 is 0 Å². The highest BCUT2D eigenvalue weighted by Gasteiger charge is 2.33. The SMILES string of the molecule is CC(C)C(N)C(=O)NC(Cc1ccc(O)cc1)C(=O)NC(C(=O)NC(C(=O)O)C(C)C)C(C)O. The van der Waals surface area contributed by atoms with E-state index in [0.29, 0.717) is 5.56 Å². The van der Waals surface area contributed by atoms with Gasteiger partial charge >= 0.3 is 5.97 Å². The molecule has 34 heavy (non-hydrogen) atoms. The molecule has 0 aliphatic carbocycles. The fourth-order valence-corrected chi connectivity index (χ4v) is 3.06. The third-order valence-corrected chi connectivity index (χ3v) is 5.32. The summed E-state index contributed by atoms with van der Waals surface area (Å²) < 4.78 is 0. The fraction of sp³-hybridized carbons (Fsp3) is 0.565. The molecule has 5 atom stereocenters. The molecule has 3 amide bonds. The smallest absolute Gasteiger partial charge is 0.326 e. The normalized spacial score (nSPS) is 15.7. The number of nitrogens with one attached hydrogen (secondary N) is 3. The summed E-state index contributed by atoms with van der Waals surface area (Å²) in [5, 5.41) is 36.2. The van der Waals surface area contributed by atoms with Gasteiger partial charge in [-0.05, 0) is 36.5 Å². The van der Waals surface area contributed by atoms with Crippen LogP contribution in [0.5, 0.6) is 5.75 Å². The molecule has 11 nitrogen and oxygen atoms in total. The number of carboxylic acid groups (broad SMARTS) is 1. The number of rotatable bonds is 12. The van der Waals surface area contributed by atoms with E-state index in [-0.39, 0.29) is 18.1 Å². The van der Waals surface area contributed by atoms with Crippen LogP contribution in [0.4, 0.5) is 0 Å². The van der Waals surface area contributed by atoms with Crippen molar-refractivity contribution in [2.75, 3.05) is 0 Å². The van der Waals surface area contributed by atoms with Crippen molar-refractivity contribution >= 4 is 23.7 Å². The van der Waals surface area contributed by atoms with Gasteiger partial charge in [-0.25, -0.2) is 4.79 Å². The lowest BCUT2D eigenvalue weighted by atomic mass is 10.0. The molecule has 0 fully saturated rings. The van der Waals surface area contributed by atoms with Gasteiger partial charge in [0.1, 0.15) is 23.9 Å². The van der Waals surface area contributed by atoms with Crippen LogP contribution in [-0.2, 0) is 25.6 Å². The molecule has 1 aromatic carbocycles. The zero-order chi connectivity index (χ0) is 26.2. The van der Waals surface area contributed by atoms with E-state index < -0.39 is 59.9 Å². The molecular formula is C23H36N4O7. The number of carbonyl (C=O) groups is 4. The second kappa shape index (κ2) is 12.9. The van der Waals surface area contributed by atoms with Crippen LogP contribution in [0.15, 0.2) is 24.3 Å². The fourth-order valence-electron chi connectivity index (χ4n) is 3.06. The van der Waals surface area contributed by atoms with Crippen LogP contribution < -0.4 is 21.7 Å². The van der Waals surface area contributed by atoms with Crippen LogP contribution >= 0.6 is 0 Å². The molecule has 0 aliphatic rings. The Hall–Kier alpha value is -3.18. The second-order valence-corrected chi connectivity index (χ2v) is 9.00. The molecule has 0 radical (unpaired) electrons. The maximum absolute atomic E-state index is 13.1. The number of hydrogen-bond donors (Lipinski definition) is 7. The molecular weight excluding hydrogens is 444 g/mol. The van der Waals surface area contributed by atoms with Gasteiger partial charge in [-0.15, -0.1) is 0 Å². The van der Waals surface area contributed by atoms with Gasteiger partial charge in [0.15, 0.2) is 0 Å². The van der Waals surface area contributed by atoms with Crippen molar-refractivity contribution < 1.29 is 34.5 Å². The molecule has 0 saturated carbocycles. The number of nitrogens with two attached hydrogens (primary N) is 1. The van der Waals surface area contributed by atoms with Crippen molar-refractivity contribution in [2.45, 2.75) is 71.3 Å². The van der Waals surface area contributed by atoms with E-state index in [9.17, 15) is 34.5 Å². The van der Waals surface area contributed by atoms with Crippen molar-refractivity contribution in [1.82, 2.24) is 16.0 Å². The molecule has 8 N–H and O–H groups in total. The molecule has 5 unspecified atom stereocenters. The van der Waals surface area contributed by atoms with Gasteiger partial charge in [0.2, 0.25) is 17.7 Å². The number of aliphatic hydroxyl groups excluding tert-OH is 1. The van der Waals surface area contributed by atoms with Gasteiger partial charge in [-0.3, -0.25) is 14.4 Å². The minimum atomic E-state index is -1.47. The van der Waals surface area contributed by atoms with Crippen LogP contribution in [0.25, 0.3) is 0 Å². The van der Waals surface area contributed by atoms with Crippen LogP contribution in [-0.4, -0.2) is 69.3 Å². The van der Waals surface area contributed by atoms with Gasteiger partial charge in [-0.2, -0.15) is 0 Å². The zero-order valence-corrected chi connectivity index (χ0v) is 20.1. The third kappa shape index (κ3) is 8.64. The van der Waals surface area contributed by atoms with E-state index in [0.717, 1.165) is 0 Å². The lowest BCUT2D eigenvalue weighted by molar-refractivity contribution is -0.144. The van der Waals surface area contributed by atoms with Crippen molar-refractivity contribution in [1.29, 1.82) is 0 Å². The average Bonchev–Trinajstić information content (AvgIpc) is 2.74. The monoisotopic (exact) mass is 480 g/mol. The van der Waals surface area contributed by atoms with E-state index in [4.69, 9.17) is 5.73 Å². The molecule has 0 saturated heterocycles. The maximum atomic E-state index is 13.1. The highest BCUT2D eigenvalue weighted by Crippen LogP contribution is 2.12. The molecule has 0 aliphatic heterocycles. The summed E-state index contributed by atoms with van der Waals surface area (Å²) in [4.78, 5) is 49.8. The first kappa shape index (κ1) is 28.9. The van der Waals surface area contributed by atoms with Crippen LogP contribution in [0.2, 0.25) is 0 Å². The lowest BCUT2D eigenvalue weighted by Gasteiger charge is -2.27. The number of amides is 3. The van der Waals surface area contributed by atoms with Gasteiger partial charge in [0.25, 0.3) is 0 Å². The third-order valence-electron chi connectivity index (χ3n) is 5.32. The Morgan fingerprint density at radius 1 is 0.824 bits per heavy atom. The average molecular weight is 481 g/mol. The summed E-state index contributed by atoms with van der Waals surface area (Å²) in [6.45, 7) is 7.99. The number of phenolic OH excluding ortho intramolecular Hbond substituents is 1. The molecule has 190 valence electrons. The van der Waals surface area contributed by atoms with E-state index in [1.54, 1.807) is 39.8 Å². The first-order chi connectivity index (χ1) is 15.7. The zero-order valence-electron chi connectivity index (χ0n) is 20.1. The minimum Gasteiger partial charge on any atom is -0.508 e. The summed E-state index contributed by atoms with van der Waals surface area (Å²) in [7, 11) is 0. The minimum absolute atomic E-state index is 0.0144. The number of aliphatic carboxylic acids is 1. The highest BCUT2D eigenvalue weighted by atomic mass is 16.4. The number of aliphatic hydroxyl groups is 1. The molecule has 0 bridgehead atoms. The van der Waals surface area contributed by atoms with E-state index in [2.05, 4.69) is 16.0 Å². The van der Waals surface area contributed by atoms with Gasteiger partial charge in [0.05, 0.1) is 12.1 Å². The van der Waals surface area contributed by atoms with Crippen LogP contribution in [0, 0.1) is 11.8 Å². The van der Waals surface area contributed by atoms with E-state index in [1.165, 1.54) is 19.1 Å². The highest BCUT2D eigenvalue weighted by molar-refractivity contribution is 5.94. The van der Waals surface area contributed by atoms with Crippen LogP contribution in [0.1, 0.15) is 40.2 Å². The van der Waals surface area contributed by atoms with Crippen LogP contribution in [0.3, 0.4) is 0 Å². The maximum Gasteiger partial charge on any atom is 0.326 e. The number of aromatic hydroxyl groups is 1. The number of phenols is 1. The Labute approximate surface area is 199 Å². The number of carbonyl (C=O) groups excluding carboxylic acids is 3. The summed E-state index contributed by atoms with van der Waals surface area (Å²) >= 11 is 0. The van der Waals surface area contributed by atoms with Gasteiger partial charge in [-0.1, -0.05) is 39.8 Å². The summed E-state index contributed by atoms with van der Waals surface area (Å²) in [5.41, 5.74) is 6.51. The Balaban J connectivity index is 3.11. The molecule has 0 heterocycles. The largest absolute Gasteiger partial charge is 0.508 e. The van der Waals surface area contributed by atoms with Crippen molar-refractivity contribution in [3.05, 3.63) is 29.8 Å². The molecule has 1 rings (SSSR count). The summed E-state index contributed by atoms with van der Waals surface area (Å²) in [6.07, 6.45) is -1.34. The quantitative estimate of drug-likeness (QED) is 0.208. The van der Waals surface area contributed by atoms with Gasteiger partial charge < -0.3 is 37.0 Å². The predicted molar refractivity (Wildman–Crippen MR) is 125 cm³/mol. The van der Waals surface area contributed by atoms with Crippen molar-refractivity contribution in [3.8, 4) is 5.75 Å². The molecule has 0 spiro atoms. The van der Waals surface area contributed by atoms with Gasteiger partial charge in [0, 0.05) is 6.42 Å². The Bertz CT molecular complexity index is 855. The summed E-state index contributed by atoms with van der Waals surface area (Å²) in [5.74, 6) is -4.08. The number of hydrogen-bond acceptors (Lipinski definition) is 7. The Morgan fingerprint density at radius 2 is 1.35 bits per heavy atom. The molecule has 0 aromatic heterocycles. The topological polar surface area (TPSA) is 191 Å². The Morgan fingerprint density at radius 3 is 1.79 bits per heavy atom. The molecule has 11 heteroatoms. The molecule has 1 aromatic rings. The first-order valence-electron chi connectivity index (χ1n) is 11.1. The Kier molecular flexibility index (Phi) is 10.9. The number of carboxylic acids is 1. The summed E-state index contributed by atoms with van der Waals surface area (Å²) in [6, 6.07) is 1.27. The predicted octanol–water partition coefficient (Wildman–Crippen LogP) is -0.506. The van der Waals surface area contributed by atoms with Crippen molar-refractivity contribution in [3.63, 3.8) is 0 Å². The lowest BCUT2D eigenvalue weighted by Crippen LogP contribution is -2.60. The first-order valence-corrected chi connectivity index (χ1v) is 11.1.